The van der Waals surface area contributed by atoms with Gasteiger partial charge in [0.15, 0.2) is 0 Å². The minimum atomic E-state index is -1.06. The van der Waals surface area contributed by atoms with Gasteiger partial charge in [-0.1, -0.05) is 19.9 Å². The van der Waals surface area contributed by atoms with Crippen LogP contribution in [0.15, 0.2) is 18.2 Å². The van der Waals surface area contributed by atoms with Gasteiger partial charge in [-0.2, -0.15) is 0 Å². The number of halogens is 1. The number of hydrogen-bond donors (Lipinski definition) is 1. The molecule has 3 nitrogen and oxygen atoms in total. The lowest BCUT2D eigenvalue weighted by molar-refractivity contribution is 0.0691. The molecule has 104 valence electrons. The third-order valence-electron chi connectivity index (χ3n) is 3.91. The van der Waals surface area contributed by atoms with E-state index in [0.29, 0.717) is 17.5 Å². The number of carboxylic acid groups (broad SMARTS) is 1. The predicted octanol–water partition coefficient (Wildman–Crippen LogP) is 3.15. The summed E-state index contributed by atoms with van der Waals surface area (Å²) in [6.45, 7) is 7.01. The van der Waals surface area contributed by atoms with Crippen molar-refractivity contribution in [1.29, 1.82) is 0 Å². The average molecular weight is 265 g/mol. The maximum absolute atomic E-state index is 13.1. The Morgan fingerprint density at radius 1 is 1.37 bits per heavy atom. The Morgan fingerprint density at radius 2 is 2.00 bits per heavy atom. The van der Waals surface area contributed by atoms with Crippen molar-refractivity contribution in [3.05, 3.63) is 35.1 Å². The van der Waals surface area contributed by atoms with E-state index in [1.54, 1.807) is 6.07 Å². The molecule has 0 amide bonds. The van der Waals surface area contributed by atoms with E-state index in [1.807, 2.05) is 0 Å². The summed E-state index contributed by atoms with van der Waals surface area (Å²) in [7, 11) is 0. The van der Waals surface area contributed by atoms with Crippen molar-refractivity contribution in [3.8, 4) is 0 Å². The van der Waals surface area contributed by atoms with Gasteiger partial charge < -0.3 is 5.11 Å². The minimum Gasteiger partial charge on any atom is -0.478 e. The van der Waals surface area contributed by atoms with E-state index < -0.39 is 11.8 Å². The molecule has 1 fully saturated rings. The van der Waals surface area contributed by atoms with Gasteiger partial charge in [0.2, 0.25) is 0 Å². The summed E-state index contributed by atoms with van der Waals surface area (Å²) in [5, 5.41) is 9.12. The molecule has 2 rings (SSSR count). The summed E-state index contributed by atoms with van der Waals surface area (Å²) in [6.07, 6.45) is 2.22. The van der Waals surface area contributed by atoms with Crippen LogP contribution in [0.5, 0.6) is 0 Å². The average Bonchev–Trinajstić information content (AvgIpc) is 2.33. The minimum absolute atomic E-state index is 0.0739. The number of aromatic carboxylic acids is 1. The number of benzene rings is 1. The van der Waals surface area contributed by atoms with Gasteiger partial charge in [-0.15, -0.1) is 0 Å². The van der Waals surface area contributed by atoms with Crippen molar-refractivity contribution in [2.24, 2.45) is 5.41 Å². The lowest BCUT2D eigenvalue weighted by Gasteiger charge is -2.37. The Balaban J connectivity index is 2.10. The molecule has 0 aromatic heterocycles. The summed E-state index contributed by atoms with van der Waals surface area (Å²) < 4.78 is 13.1. The summed E-state index contributed by atoms with van der Waals surface area (Å²) in [6, 6.07) is 4.01. The van der Waals surface area contributed by atoms with Crippen LogP contribution >= 0.6 is 0 Å². The third kappa shape index (κ3) is 3.53. The smallest absolute Gasteiger partial charge is 0.336 e. The zero-order valence-corrected chi connectivity index (χ0v) is 11.4. The Bertz CT molecular complexity index is 475. The monoisotopic (exact) mass is 265 g/mol. The fraction of sp³-hybridized carbons (Fsp3) is 0.533. The summed E-state index contributed by atoms with van der Waals surface area (Å²) in [5.74, 6) is -1.56. The van der Waals surface area contributed by atoms with Crippen molar-refractivity contribution >= 4 is 5.97 Å². The van der Waals surface area contributed by atoms with E-state index in [4.69, 9.17) is 5.11 Å². The first-order valence-corrected chi connectivity index (χ1v) is 6.61. The first kappa shape index (κ1) is 14.0. The molecule has 1 N–H and O–H groups in total. The fourth-order valence-electron chi connectivity index (χ4n) is 2.44. The van der Waals surface area contributed by atoms with Gasteiger partial charge in [0, 0.05) is 6.54 Å². The predicted molar refractivity (Wildman–Crippen MR) is 71.7 cm³/mol. The Labute approximate surface area is 113 Å². The molecular formula is C15H20FNO2. The first-order valence-electron chi connectivity index (χ1n) is 6.61. The SMILES string of the molecule is CC1(C)CCN(Cc2ccc(F)cc2C(=O)O)CC1. The molecule has 1 saturated heterocycles. The molecule has 1 aliphatic heterocycles. The highest BCUT2D eigenvalue weighted by Crippen LogP contribution is 2.30. The van der Waals surface area contributed by atoms with Crippen LogP contribution in [0.25, 0.3) is 0 Å². The zero-order valence-electron chi connectivity index (χ0n) is 11.4. The molecule has 0 radical (unpaired) electrons. The van der Waals surface area contributed by atoms with Gasteiger partial charge in [-0.3, -0.25) is 4.90 Å². The maximum Gasteiger partial charge on any atom is 0.336 e. The van der Waals surface area contributed by atoms with E-state index in [-0.39, 0.29) is 5.56 Å². The number of hydrogen-bond acceptors (Lipinski definition) is 2. The molecule has 0 aliphatic carbocycles. The number of carboxylic acids is 1. The lowest BCUT2D eigenvalue weighted by atomic mass is 9.82. The molecule has 19 heavy (non-hydrogen) atoms. The van der Waals surface area contributed by atoms with Crippen LogP contribution in [-0.4, -0.2) is 29.1 Å². The number of likely N-dealkylation sites (tertiary alicyclic amines) is 1. The van der Waals surface area contributed by atoms with Crippen molar-refractivity contribution < 1.29 is 14.3 Å². The number of piperidine rings is 1. The molecule has 1 aromatic carbocycles. The van der Waals surface area contributed by atoms with Gasteiger partial charge in [0.1, 0.15) is 5.82 Å². The third-order valence-corrected chi connectivity index (χ3v) is 3.91. The molecule has 0 spiro atoms. The summed E-state index contributed by atoms with van der Waals surface area (Å²) >= 11 is 0. The van der Waals surface area contributed by atoms with Crippen LogP contribution in [0.2, 0.25) is 0 Å². The normalized spacial score (nSPS) is 19.3. The van der Waals surface area contributed by atoms with Crippen molar-refractivity contribution in [3.63, 3.8) is 0 Å². The van der Waals surface area contributed by atoms with Gasteiger partial charge in [-0.25, -0.2) is 9.18 Å². The molecule has 0 saturated carbocycles. The van der Waals surface area contributed by atoms with E-state index in [1.165, 1.54) is 6.07 Å². The van der Waals surface area contributed by atoms with Crippen LogP contribution < -0.4 is 0 Å². The lowest BCUT2D eigenvalue weighted by Crippen LogP contribution is -2.37. The highest BCUT2D eigenvalue weighted by Gasteiger charge is 2.26. The van der Waals surface area contributed by atoms with E-state index >= 15 is 0 Å². The summed E-state index contributed by atoms with van der Waals surface area (Å²) in [4.78, 5) is 13.4. The first-order chi connectivity index (χ1) is 8.87. The van der Waals surface area contributed by atoms with E-state index in [9.17, 15) is 9.18 Å². The molecule has 1 heterocycles. The van der Waals surface area contributed by atoms with Gasteiger partial charge in [-0.05, 0) is 49.0 Å². The second-order valence-corrected chi connectivity index (χ2v) is 6.05. The topological polar surface area (TPSA) is 40.5 Å². The van der Waals surface area contributed by atoms with Crippen molar-refractivity contribution in [1.82, 2.24) is 4.90 Å². The number of carbonyl (C=O) groups is 1. The molecule has 0 unspecified atom stereocenters. The van der Waals surface area contributed by atoms with Crippen molar-refractivity contribution in [2.75, 3.05) is 13.1 Å². The molecule has 0 atom stereocenters. The zero-order chi connectivity index (χ0) is 14.0. The summed E-state index contributed by atoms with van der Waals surface area (Å²) in [5.41, 5.74) is 1.13. The quantitative estimate of drug-likeness (QED) is 0.912. The van der Waals surface area contributed by atoms with Gasteiger partial charge >= 0.3 is 5.97 Å². The van der Waals surface area contributed by atoms with Crippen LogP contribution in [0, 0.1) is 11.2 Å². The number of nitrogens with zero attached hydrogens (tertiary/aromatic N) is 1. The van der Waals surface area contributed by atoms with Crippen molar-refractivity contribution in [2.45, 2.75) is 33.2 Å². The standard InChI is InChI=1S/C15H20FNO2/c1-15(2)5-7-17(8-6-15)10-11-3-4-12(16)9-13(11)14(18)19/h3-4,9H,5-8,10H2,1-2H3,(H,18,19). The molecule has 1 aliphatic rings. The molecular weight excluding hydrogens is 245 g/mol. The van der Waals surface area contributed by atoms with Crippen LogP contribution in [-0.2, 0) is 6.54 Å². The maximum atomic E-state index is 13.1. The second kappa shape index (κ2) is 5.29. The Morgan fingerprint density at radius 3 is 2.58 bits per heavy atom. The number of rotatable bonds is 3. The Kier molecular flexibility index (Phi) is 3.90. The molecule has 0 bridgehead atoms. The molecule has 1 aromatic rings. The largest absolute Gasteiger partial charge is 0.478 e. The van der Waals surface area contributed by atoms with E-state index in [2.05, 4.69) is 18.7 Å². The highest BCUT2D eigenvalue weighted by atomic mass is 19.1. The van der Waals surface area contributed by atoms with Crippen LogP contribution in [0.4, 0.5) is 4.39 Å². The van der Waals surface area contributed by atoms with Crippen LogP contribution in [0.1, 0.15) is 42.6 Å². The van der Waals surface area contributed by atoms with Crippen LogP contribution in [0.3, 0.4) is 0 Å². The highest BCUT2D eigenvalue weighted by molar-refractivity contribution is 5.89. The second-order valence-electron chi connectivity index (χ2n) is 6.05. The van der Waals surface area contributed by atoms with Gasteiger partial charge in [0.05, 0.1) is 5.56 Å². The van der Waals surface area contributed by atoms with E-state index in [0.717, 1.165) is 32.0 Å². The molecule has 4 heteroatoms. The fourth-order valence-corrected chi connectivity index (χ4v) is 2.44. The van der Waals surface area contributed by atoms with Gasteiger partial charge in [0.25, 0.3) is 0 Å². The Hall–Kier alpha value is -1.42.